The monoisotopic (exact) mass is 615 g/mol. The zero-order chi connectivity index (χ0) is 31.9. The molecule has 0 fully saturated rings. The summed E-state index contributed by atoms with van der Waals surface area (Å²) in [4.78, 5) is 37.0. The summed E-state index contributed by atoms with van der Waals surface area (Å²) in [6, 6.07) is 10.9. The van der Waals surface area contributed by atoms with Gasteiger partial charge in [-0.1, -0.05) is 23.8 Å². The fourth-order valence-corrected chi connectivity index (χ4v) is 4.50. The van der Waals surface area contributed by atoms with Gasteiger partial charge >= 0.3 is 6.61 Å². The number of alkyl halides is 2. The number of amides is 2. The van der Waals surface area contributed by atoms with E-state index in [0.717, 1.165) is 42.0 Å². The maximum absolute atomic E-state index is 13.6. The zero-order valence-electron chi connectivity index (χ0n) is 24.5. The lowest BCUT2D eigenvalue weighted by molar-refractivity contribution is -0.134. The fourth-order valence-electron chi connectivity index (χ4n) is 4.50. The van der Waals surface area contributed by atoms with Crippen molar-refractivity contribution in [1.82, 2.24) is 21.1 Å². The second kappa shape index (κ2) is 17.6. The van der Waals surface area contributed by atoms with Gasteiger partial charge in [0.05, 0.1) is 24.5 Å². The van der Waals surface area contributed by atoms with Crippen LogP contribution in [-0.4, -0.2) is 69.2 Å². The van der Waals surface area contributed by atoms with Crippen molar-refractivity contribution in [2.75, 3.05) is 26.7 Å². The summed E-state index contributed by atoms with van der Waals surface area (Å²) < 4.78 is 43.7. The number of hydrogen-bond donors (Lipinski definition) is 3. The molecule has 2 aliphatic heterocycles. The second-order valence-electron chi connectivity index (χ2n) is 9.83. The van der Waals surface area contributed by atoms with Gasteiger partial charge in [0.25, 0.3) is 5.91 Å². The van der Waals surface area contributed by atoms with Crippen LogP contribution in [0.2, 0.25) is 0 Å². The predicted molar refractivity (Wildman–Crippen MR) is 161 cm³/mol. The normalized spacial score (nSPS) is 16.3. The van der Waals surface area contributed by atoms with Crippen LogP contribution in [0.4, 0.5) is 13.2 Å². The number of benzene rings is 2. The Morgan fingerprint density at radius 1 is 1.20 bits per heavy atom. The first kappa shape index (κ1) is 34.0. The number of carbonyl (C=O) groups excluding carboxylic acids is 3. The standard InChI is InChI=1S/C16H23N5O3.C13H9FO.C2H4F2O/c22-7-3-1-2-6-21(16(24)11-18-12-23)19-10-14-8-13-9-17-5-4-15(13)20-14;1-8-5-6-11-9(7-8)13-10(14)3-2-4-12(13)15-11;1-5-2(3)4/h4-5,7-9,12-13,15,19-20H,1-3,6,10-11H2,(H,18,23);2-7H,1H3;2H,1H3. The highest BCUT2D eigenvalue weighted by Crippen LogP contribution is 2.31. The molecule has 5 rings (SSSR count). The minimum atomic E-state index is -2.62. The van der Waals surface area contributed by atoms with Crippen molar-refractivity contribution in [1.29, 1.82) is 0 Å². The highest BCUT2D eigenvalue weighted by atomic mass is 19.3. The van der Waals surface area contributed by atoms with E-state index in [2.05, 4.69) is 31.9 Å². The summed E-state index contributed by atoms with van der Waals surface area (Å²) in [6.45, 7) is 0.273. The molecule has 0 spiro atoms. The molecular weight excluding hydrogens is 579 g/mol. The van der Waals surface area contributed by atoms with Gasteiger partial charge in [0.15, 0.2) is 0 Å². The van der Waals surface area contributed by atoms with Gasteiger partial charge in [-0.25, -0.2) is 9.82 Å². The van der Waals surface area contributed by atoms with E-state index in [1.54, 1.807) is 18.3 Å². The lowest BCUT2D eigenvalue weighted by Gasteiger charge is -2.24. The molecule has 0 saturated heterocycles. The number of nitrogens with one attached hydrogen (secondary N) is 3. The van der Waals surface area contributed by atoms with Crippen molar-refractivity contribution in [3.05, 3.63) is 71.8 Å². The number of methoxy groups -OCH3 is 1. The molecule has 236 valence electrons. The van der Waals surface area contributed by atoms with Gasteiger partial charge < -0.3 is 24.6 Å². The number of aliphatic imine (C=N–C) groups is 1. The predicted octanol–water partition coefficient (Wildman–Crippen LogP) is 4.39. The molecule has 2 aromatic carbocycles. The quantitative estimate of drug-likeness (QED) is 0.157. The number of furan rings is 1. The summed E-state index contributed by atoms with van der Waals surface area (Å²) in [5, 5.41) is 8.67. The molecule has 2 aliphatic rings. The van der Waals surface area contributed by atoms with Crippen LogP contribution in [0.15, 0.2) is 69.9 Å². The molecule has 0 radical (unpaired) electrons. The fraction of sp³-hybridized carbons (Fsp3) is 0.355. The van der Waals surface area contributed by atoms with Crippen LogP contribution in [0.3, 0.4) is 0 Å². The smallest absolute Gasteiger partial charge is 0.345 e. The van der Waals surface area contributed by atoms with Crippen LogP contribution in [0.25, 0.3) is 21.9 Å². The van der Waals surface area contributed by atoms with Crippen molar-refractivity contribution in [2.45, 2.75) is 38.8 Å². The number of fused-ring (bicyclic) bond motifs is 4. The van der Waals surface area contributed by atoms with Gasteiger partial charge in [-0.05, 0) is 50.1 Å². The second-order valence-corrected chi connectivity index (χ2v) is 9.83. The number of hydrazine groups is 1. The van der Waals surface area contributed by atoms with Gasteiger partial charge in [-0.3, -0.25) is 19.6 Å². The average Bonchev–Trinajstić information content (AvgIpc) is 3.61. The maximum Gasteiger partial charge on any atom is 0.345 e. The molecule has 0 aliphatic carbocycles. The third-order valence-corrected chi connectivity index (χ3v) is 6.63. The van der Waals surface area contributed by atoms with Crippen LogP contribution in [0, 0.1) is 18.7 Å². The van der Waals surface area contributed by atoms with Gasteiger partial charge in [0.1, 0.15) is 23.3 Å². The Hall–Kier alpha value is -4.49. The van der Waals surface area contributed by atoms with Crippen molar-refractivity contribution in [2.24, 2.45) is 10.9 Å². The van der Waals surface area contributed by atoms with E-state index in [0.29, 0.717) is 43.3 Å². The number of rotatable bonds is 12. The number of unbranched alkanes of at least 4 members (excludes halogenated alkanes) is 2. The summed E-state index contributed by atoms with van der Waals surface area (Å²) in [5.74, 6) is -0.206. The van der Waals surface area contributed by atoms with E-state index < -0.39 is 6.61 Å². The minimum absolute atomic E-state index is 0.0582. The van der Waals surface area contributed by atoms with Gasteiger partial charge in [-0.15, -0.1) is 0 Å². The van der Waals surface area contributed by atoms with Crippen LogP contribution in [0.5, 0.6) is 0 Å². The molecule has 10 nitrogen and oxygen atoms in total. The SMILES string of the molecule is COC(F)F.Cc1ccc2oc3cccc(F)c3c2c1.O=CCCCCN(NCC1=CC2C=NC=CC2N1)C(=O)CNC=O. The molecule has 3 heterocycles. The molecule has 0 saturated carbocycles. The third kappa shape index (κ3) is 10.1. The van der Waals surface area contributed by atoms with E-state index in [4.69, 9.17) is 4.42 Å². The molecule has 0 bridgehead atoms. The lowest BCUT2D eigenvalue weighted by Crippen LogP contribution is -2.48. The molecule has 13 heteroatoms. The Balaban J connectivity index is 0.000000223. The van der Waals surface area contributed by atoms with Crippen LogP contribution in [-0.2, 0) is 19.1 Å². The Bertz CT molecular complexity index is 1490. The molecule has 2 amide bonds. The molecule has 1 aromatic heterocycles. The number of carbonyl (C=O) groups is 3. The minimum Gasteiger partial charge on any atom is -0.456 e. The van der Waals surface area contributed by atoms with Crippen molar-refractivity contribution in [3.63, 3.8) is 0 Å². The van der Waals surface area contributed by atoms with Gasteiger partial charge in [0.2, 0.25) is 6.41 Å². The number of aryl methyl sites for hydroxylation is 1. The number of ether oxygens (including phenoxy) is 1. The largest absolute Gasteiger partial charge is 0.456 e. The Kier molecular flexibility index (Phi) is 13.6. The molecule has 2 unspecified atom stereocenters. The van der Waals surface area contributed by atoms with E-state index in [1.807, 2.05) is 37.4 Å². The average molecular weight is 616 g/mol. The zero-order valence-corrected chi connectivity index (χ0v) is 24.5. The van der Waals surface area contributed by atoms with Crippen LogP contribution < -0.4 is 16.1 Å². The van der Waals surface area contributed by atoms with Crippen molar-refractivity contribution < 1.29 is 36.7 Å². The Morgan fingerprint density at radius 3 is 2.70 bits per heavy atom. The highest BCUT2D eigenvalue weighted by molar-refractivity contribution is 6.05. The molecule has 3 N–H and O–H groups in total. The summed E-state index contributed by atoms with van der Waals surface area (Å²) in [5.41, 5.74) is 6.54. The Labute approximate surface area is 253 Å². The van der Waals surface area contributed by atoms with E-state index >= 15 is 0 Å². The first-order valence-electron chi connectivity index (χ1n) is 14.0. The first-order chi connectivity index (χ1) is 21.3. The Morgan fingerprint density at radius 2 is 2.00 bits per heavy atom. The molecule has 44 heavy (non-hydrogen) atoms. The number of hydrogen-bond acceptors (Lipinski definition) is 8. The third-order valence-electron chi connectivity index (χ3n) is 6.63. The van der Waals surface area contributed by atoms with E-state index in [-0.39, 0.29) is 30.2 Å². The van der Waals surface area contributed by atoms with Crippen molar-refractivity contribution >= 4 is 46.8 Å². The van der Waals surface area contributed by atoms with E-state index in [1.165, 1.54) is 11.1 Å². The summed E-state index contributed by atoms with van der Waals surface area (Å²) >= 11 is 0. The van der Waals surface area contributed by atoms with Gasteiger partial charge in [-0.2, -0.15) is 8.78 Å². The highest BCUT2D eigenvalue weighted by Gasteiger charge is 2.25. The number of nitrogens with zero attached hydrogens (tertiary/aromatic N) is 2. The van der Waals surface area contributed by atoms with Crippen LogP contribution in [0.1, 0.15) is 24.8 Å². The maximum atomic E-state index is 13.6. The topological polar surface area (TPSA) is 125 Å². The van der Waals surface area contributed by atoms with Crippen molar-refractivity contribution in [3.8, 4) is 0 Å². The van der Waals surface area contributed by atoms with Gasteiger partial charge in [0, 0.05) is 49.5 Å². The first-order valence-corrected chi connectivity index (χ1v) is 14.0. The molecule has 2 atom stereocenters. The summed E-state index contributed by atoms with van der Waals surface area (Å²) in [6.07, 6.45) is 11.0. The molecule has 3 aromatic rings. The molecular formula is C31H36F3N5O5. The number of halogens is 3. The number of aldehydes is 1. The lowest BCUT2D eigenvalue weighted by atomic mass is 10.0. The van der Waals surface area contributed by atoms with E-state index in [9.17, 15) is 27.6 Å². The summed E-state index contributed by atoms with van der Waals surface area (Å²) in [7, 11) is 0.949. The van der Waals surface area contributed by atoms with Crippen LogP contribution >= 0.6 is 0 Å².